The van der Waals surface area contributed by atoms with E-state index in [2.05, 4.69) is 22.1 Å². The molecule has 0 bridgehead atoms. The highest BCUT2D eigenvalue weighted by molar-refractivity contribution is 7.17. The molecule has 0 radical (unpaired) electrons. The number of esters is 1. The number of hydrogen-bond acceptors (Lipinski definition) is 7. The van der Waals surface area contributed by atoms with Crippen molar-refractivity contribution in [3.63, 3.8) is 0 Å². The van der Waals surface area contributed by atoms with Gasteiger partial charge in [-0.25, -0.2) is 14.6 Å². The fourth-order valence-corrected chi connectivity index (χ4v) is 3.57. The Morgan fingerprint density at radius 3 is 2.58 bits per heavy atom. The molecule has 1 saturated heterocycles. The topological polar surface area (TPSA) is 80.8 Å². The van der Waals surface area contributed by atoms with Crippen molar-refractivity contribution in [2.45, 2.75) is 65.5 Å². The lowest BCUT2D eigenvalue weighted by atomic mass is 10.1. The van der Waals surface area contributed by atoms with Crippen LogP contribution in [0, 0.1) is 0 Å². The van der Waals surface area contributed by atoms with Gasteiger partial charge >= 0.3 is 12.1 Å². The Hall–Kier alpha value is -1.83. The van der Waals surface area contributed by atoms with E-state index in [9.17, 15) is 9.59 Å². The lowest BCUT2D eigenvalue weighted by Gasteiger charge is -2.39. The minimum Gasteiger partial charge on any atom is -0.462 e. The van der Waals surface area contributed by atoms with E-state index in [4.69, 9.17) is 9.47 Å². The standard InChI is InChI=1S/C18H29N3O4S/c1-6-8-9-13-14(15(22)24-7-2)26-16(20-13)21-10-12(11-21)19-17(23)25-18(3,4)5/h12H,6-11H2,1-5H3,(H,19,23). The molecule has 1 aromatic rings. The number of hydrogen-bond donors (Lipinski definition) is 1. The molecule has 0 spiro atoms. The van der Waals surface area contributed by atoms with Crippen molar-refractivity contribution >= 4 is 28.5 Å². The summed E-state index contributed by atoms with van der Waals surface area (Å²) in [5, 5.41) is 3.66. The van der Waals surface area contributed by atoms with Crippen molar-refractivity contribution in [1.82, 2.24) is 10.3 Å². The highest BCUT2D eigenvalue weighted by Gasteiger charge is 2.33. The van der Waals surface area contributed by atoms with Crippen LogP contribution in [0.3, 0.4) is 0 Å². The second kappa shape index (κ2) is 8.70. The number of aromatic nitrogens is 1. The van der Waals surface area contributed by atoms with Crippen molar-refractivity contribution in [3.05, 3.63) is 10.6 Å². The molecule has 1 aliphatic rings. The molecule has 2 heterocycles. The molecule has 1 fully saturated rings. The summed E-state index contributed by atoms with van der Waals surface area (Å²) < 4.78 is 10.4. The minimum atomic E-state index is -0.508. The number of nitrogens with one attached hydrogen (secondary N) is 1. The van der Waals surface area contributed by atoms with Gasteiger partial charge in [0.25, 0.3) is 0 Å². The number of rotatable bonds is 7. The van der Waals surface area contributed by atoms with Crippen LogP contribution < -0.4 is 10.2 Å². The van der Waals surface area contributed by atoms with Gasteiger partial charge in [0.2, 0.25) is 0 Å². The molecule has 7 nitrogen and oxygen atoms in total. The number of amides is 1. The number of carbonyl (C=O) groups excluding carboxylic acids is 2. The number of aryl methyl sites for hydroxylation is 1. The molecule has 1 N–H and O–H groups in total. The van der Waals surface area contributed by atoms with Crippen LogP contribution in [0.1, 0.15) is 62.8 Å². The van der Waals surface area contributed by atoms with Crippen molar-refractivity contribution < 1.29 is 19.1 Å². The zero-order valence-corrected chi connectivity index (χ0v) is 17.1. The molecule has 0 aliphatic carbocycles. The number of ether oxygens (including phenoxy) is 2. The molecule has 146 valence electrons. The lowest BCUT2D eigenvalue weighted by Crippen LogP contribution is -2.60. The highest BCUT2D eigenvalue weighted by atomic mass is 32.1. The van der Waals surface area contributed by atoms with Crippen LogP contribution in [-0.4, -0.2) is 48.4 Å². The molecule has 0 aromatic carbocycles. The third-order valence-corrected chi connectivity index (χ3v) is 4.93. The maximum atomic E-state index is 12.2. The molecule has 0 saturated carbocycles. The molecular formula is C18H29N3O4S. The van der Waals surface area contributed by atoms with Gasteiger partial charge in [0.15, 0.2) is 5.13 Å². The number of unbranched alkanes of at least 4 members (excludes halogenated alkanes) is 1. The van der Waals surface area contributed by atoms with Crippen LogP contribution in [0.25, 0.3) is 0 Å². The van der Waals surface area contributed by atoms with Crippen molar-refractivity contribution in [2.75, 3.05) is 24.6 Å². The van der Waals surface area contributed by atoms with E-state index in [0.717, 1.165) is 30.1 Å². The van der Waals surface area contributed by atoms with Gasteiger partial charge in [0, 0.05) is 13.1 Å². The van der Waals surface area contributed by atoms with Gasteiger partial charge in [-0.1, -0.05) is 24.7 Å². The van der Waals surface area contributed by atoms with E-state index < -0.39 is 11.7 Å². The summed E-state index contributed by atoms with van der Waals surface area (Å²) in [6.45, 7) is 11.1. The van der Waals surface area contributed by atoms with E-state index in [1.807, 2.05) is 20.8 Å². The number of carbonyl (C=O) groups is 2. The molecule has 8 heteroatoms. The number of thiazole rings is 1. The first-order valence-corrected chi connectivity index (χ1v) is 9.96. The van der Waals surface area contributed by atoms with Crippen LogP contribution in [0.2, 0.25) is 0 Å². The zero-order valence-electron chi connectivity index (χ0n) is 16.3. The zero-order chi connectivity index (χ0) is 19.3. The number of anilines is 1. The lowest BCUT2D eigenvalue weighted by molar-refractivity contribution is 0.0493. The molecule has 1 aliphatic heterocycles. The fraction of sp³-hybridized carbons (Fsp3) is 0.722. The Morgan fingerprint density at radius 1 is 1.31 bits per heavy atom. The van der Waals surface area contributed by atoms with Gasteiger partial charge < -0.3 is 19.7 Å². The van der Waals surface area contributed by atoms with E-state index in [1.54, 1.807) is 6.92 Å². The molecule has 26 heavy (non-hydrogen) atoms. The summed E-state index contributed by atoms with van der Waals surface area (Å²) in [4.78, 5) is 31.3. The normalized spacial score (nSPS) is 14.7. The van der Waals surface area contributed by atoms with Gasteiger partial charge in [-0.15, -0.1) is 0 Å². The van der Waals surface area contributed by atoms with E-state index in [0.29, 0.717) is 24.6 Å². The van der Waals surface area contributed by atoms with Crippen LogP contribution in [0.5, 0.6) is 0 Å². The molecule has 0 atom stereocenters. The third-order valence-electron chi connectivity index (χ3n) is 3.79. The Labute approximate surface area is 159 Å². The van der Waals surface area contributed by atoms with Crippen molar-refractivity contribution in [1.29, 1.82) is 0 Å². The van der Waals surface area contributed by atoms with E-state index >= 15 is 0 Å². The first-order chi connectivity index (χ1) is 12.2. The van der Waals surface area contributed by atoms with Gasteiger partial charge in [-0.2, -0.15) is 0 Å². The summed E-state index contributed by atoms with van der Waals surface area (Å²) in [6, 6.07) is 0.0267. The first-order valence-electron chi connectivity index (χ1n) is 9.14. The Kier molecular flexibility index (Phi) is 6.86. The average molecular weight is 384 g/mol. The molecule has 2 rings (SSSR count). The Bertz CT molecular complexity index is 633. The average Bonchev–Trinajstić information content (AvgIpc) is 2.90. The smallest absolute Gasteiger partial charge is 0.407 e. The largest absolute Gasteiger partial charge is 0.462 e. The quantitative estimate of drug-likeness (QED) is 0.727. The first kappa shape index (κ1) is 20.5. The van der Waals surface area contributed by atoms with Crippen molar-refractivity contribution in [3.8, 4) is 0 Å². The minimum absolute atomic E-state index is 0.0267. The van der Waals surface area contributed by atoms with Crippen molar-refractivity contribution in [2.24, 2.45) is 0 Å². The maximum absolute atomic E-state index is 12.2. The summed E-state index contributed by atoms with van der Waals surface area (Å²) in [7, 11) is 0. The van der Waals surface area contributed by atoms with Gasteiger partial charge in [0.05, 0.1) is 18.3 Å². The molecule has 1 aromatic heterocycles. The molecule has 1 amide bonds. The fourth-order valence-electron chi connectivity index (χ4n) is 2.54. The Balaban J connectivity index is 1.95. The van der Waals surface area contributed by atoms with Crippen LogP contribution in [0.15, 0.2) is 0 Å². The summed E-state index contributed by atoms with van der Waals surface area (Å²) in [5.41, 5.74) is 0.305. The monoisotopic (exact) mass is 383 g/mol. The third kappa shape index (κ3) is 5.59. The summed E-state index contributed by atoms with van der Waals surface area (Å²) >= 11 is 1.37. The molecule has 0 unspecified atom stereocenters. The second-order valence-electron chi connectivity index (χ2n) is 7.34. The van der Waals surface area contributed by atoms with Crippen LogP contribution in [-0.2, 0) is 15.9 Å². The van der Waals surface area contributed by atoms with Gasteiger partial charge in [-0.3, -0.25) is 0 Å². The molecular weight excluding hydrogens is 354 g/mol. The predicted octanol–water partition coefficient (Wildman–Crippen LogP) is 3.38. The van der Waals surface area contributed by atoms with Gasteiger partial charge in [0.1, 0.15) is 10.5 Å². The second-order valence-corrected chi connectivity index (χ2v) is 8.32. The van der Waals surface area contributed by atoms with E-state index in [1.165, 1.54) is 11.3 Å². The predicted molar refractivity (Wildman–Crippen MR) is 102 cm³/mol. The SMILES string of the molecule is CCCCc1nc(N2CC(NC(=O)OC(C)(C)C)C2)sc1C(=O)OCC. The van der Waals surface area contributed by atoms with E-state index in [-0.39, 0.29) is 12.0 Å². The van der Waals surface area contributed by atoms with Crippen LogP contribution in [0.4, 0.5) is 9.93 Å². The number of nitrogens with zero attached hydrogens (tertiary/aromatic N) is 2. The van der Waals surface area contributed by atoms with Gasteiger partial charge in [-0.05, 0) is 40.5 Å². The highest BCUT2D eigenvalue weighted by Crippen LogP contribution is 2.31. The maximum Gasteiger partial charge on any atom is 0.407 e. The summed E-state index contributed by atoms with van der Waals surface area (Å²) in [5.74, 6) is -0.300. The van der Waals surface area contributed by atoms with Crippen LogP contribution >= 0.6 is 11.3 Å². The Morgan fingerprint density at radius 2 is 2.00 bits per heavy atom. The summed E-state index contributed by atoms with van der Waals surface area (Å²) in [6.07, 6.45) is 2.39. The number of alkyl carbamates (subject to hydrolysis) is 1.